The minimum absolute atomic E-state index is 0.139. The van der Waals surface area contributed by atoms with Gasteiger partial charge in [-0.2, -0.15) is 12.6 Å². The predicted octanol–water partition coefficient (Wildman–Crippen LogP) is 2.48. The number of carbonyl (C=O) groups excluding carboxylic acids is 2. The highest BCUT2D eigenvalue weighted by Gasteiger charge is 2.38. The second kappa shape index (κ2) is 8.72. The summed E-state index contributed by atoms with van der Waals surface area (Å²) in [5, 5.41) is 14.2. The van der Waals surface area contributed by atoms with Crippen molar-refractivity contribution in [3.63, 3.8) is 0 Å². The third-order valence-electron chi connectivity index (χ3n) is 4.12. The number of methoxy groups -OCH3 is 1. The molecule has 0 saturated heterocycles. The van der Waals surface area contributed by atoms with Gasteiger partial charge in [0.05, 0.1) is 35.7 Å². The largest absolute Gasteiger partial charge is 0.466 e. The fourth-order valence-electron chi connectivity index (χ4n) is 3.00. The maximum atomic E-state index is 12.7. The summed E-state index contributed by atoms with van der Waals surface area (Å²) in [4.78, 5) is 35.8. The molecule has 144 valence electrons. The number of rotatable bonds is 6. The maximum absolute atomic E-state index is 12.7. The molecule has 0 amide bonds. The molecule has 0 bridgehead atoms. The zero-order valence-electron chi connectivity index (χ0n) is 15.1. The lowest BCUT2D eigenvalue weighted by molar-refractivity contribution is -0.384. The third kappa shape index (κ3) is 4.13. The maximum Gasteiger partial charge on any atom is 0.336 e. The number of nitro benzene ring substituents is 1. The molecule has 1 aliphatic rings. The molecule has 8 nitrogen and oxygen atoms in total. The molecule has 1 heterocycles. The van der Waals surface area contributed by atoms with Crippen molar-refractivity contribution in [2.75, 3.05) is 19.5 Å². The summed E-state index contributed by atoms with van der Waals surface area (Å²) in [5.74, 6) is -1.96. The summed E-state index contributed by atoms with van der Waals surface area (Å²) in [6.07, 6.45) is 0. The smallest absolute Gasteiger partial charge is 0.336 e. The van der Waals surface area contributed by atoms with E-state index in [1.54, 1.807) is 19.9 Å². The van der Waals surface area contributed by atoms with Crippen LogP contribution in [0.15, 0.2) is 46.8 Å². The van der Waals surface area contributed by atoms with Crippen LogP contribution in [0.3, 0.4) is 0 Å². The molecule has 1 aromatic carbocycles. The van der Waals surface area contributed by atoms with Crippen molar-refractivity contribution in [3.8, 4) is 0 Å². The van der Waals surface area contributed by atoms with Gasteiger partial charge in [0, 0.05) is 29.3 Å². The minimum Gasteiger partial charge on any atom is -0.466 e. The molecule has 0 radical (unpaired) electrons. The molecule has 1 aliphatic heterocycles. The first-order chi connectivity index (χ1) is 12.8. The summed E-state index contributed by atoms with van der Waals surface area (Å²) in [5.41, 5.74) is 1.58. The van der Waals surface area contributed by atoms with Crippen molar-refractivity contribution in [1.82, 2.24) is 5.32 Å². The van der Waals surface area contributed by atoms with Crippen molar-refractivity contribution < 1.29 is 24.0 Å². The SMILES string of the molecule is CCOC(=O)C1=C(CS)NC(C)=C(C(=O)OC)C1c1cccc([N+](=O)[O-])c1. The fourth-order valence-corrected chi connectivity index (χ4v) is 3.25. The highest BCUT2D eigenvalue weighted by atomic mass is 32.1. The quantitative estimate of drug-likeness (QED) is 0.331. The van der Waals surface area contributed by atoms with Crippen LogP contribution in [0.2, 0.25) is 0 Å². The van der Waals surface area contributed by atoms with E-state index >= 15 is 0 Å². The van der Waals surface area contributed by atoms with Gasteiger partial charge in [-0.05, 0) is 19.4 Å². The Kier molecular flexibility index (Phi) is 6.62. The Bertz CT molecular complexity index is 846. The van der Waals surface area contributed by atoms with Crippen LogP contribution in [0.25, 0.3) is 0 Å². The molecule has 1 N–H and O–H groups in total. The first-order valence-corrected chi connectivity index (χ1v) is 8.80. The van der Waals surface area contributed by atoms with Crippen molar-refractivity contribution in [3.05, 3.63) is 62.5 Å². The van der Waals surface area contributed by atoms with Gasteiger partial charge in [-0.15, -0.1) is 0 Å². The number of thiol groups is 1. The van der Waals surface area contributed by atoms with E-state index in [1.807, 2.05) is 0 Å². The van der Waals surface area contributed by atoms with Crippen LogP contribution in [-0.2, 0) is 19.1 Å². The summed E-state index contributed by atoms with van der Waals surface area (Å²) in [7, 11) is 1.23. The molecule has 27 heavy (non-hydrogen) atoms. The number of dihydropyridines is 1. The lowest BCUT2D eigenvalue weighted by Gasteiger charge is -2.30. The summed E-state index contributed by atoms with van der Waals surface area (Å²) in [6.45, 7) is 3.47. The van der Waals surface area contributed by atoms with E-state index in [-0.39, 0.29) is 29.2 Å². The van der Waals surface area contributed by atoms with E-state index < -0.39 is 22.8 Å². The van der Waals surface area contributed by atoms with Gasteiger partial charge in [-0.3, -0.25) is 10.1 Å². The average Bonchev–Trinajstić information content (AvgIpc) is 2.66. The molecule has 1 atom stereocenters. The summed E-state index contributed by atoms with van der Waals surface area (Å²) < 4.78 is 10.0. The van der Waals surface area contributed by atoms with Crippen LogP contribution in [-0.4, -0.2) is 36.3 Å². The van der Waals surface area contributed by atoms with Gasteiger partial charge in [0.2, 0.25) is 0 Å². The number of nitro groups is 1. The number of carbonyl (C=O) groups is 2. The van der Waals surface area contributed by atoms with Gasteiger partial charge in [0.15, 0.2) is 0 Å². The minimum atomic E-state index is -0.875. The molecular weight excluding hydrogens is 372 g/mol. The number of hydrogen-bond donors (Lipinski definition) is 2. The zero-order valence-corrected chi connectivity index (χ0v) is 16.0. The van der Waals surface area contributed by atoms with E-state index in [4.69, 9.17) is 9.47 Å². The van der Waals surface area contributed by atoms with Gasteiger partial charge < -0.3 is 14.8 Å². The Hall–Kier alpha value is -2.81. The van der Waals surface area contributed by atoms with Gasteiger partial charge >= 0.3 is 11.9 Å². The standard InChI is InChI=1S/C18H20N2O6S/c1-4-26-18(22)16-13(9-27)19-10(2)14(17(21)25-3)15(16)11-6-5-7-12(8-11)20(23)24/h5-8,15,19,27H,4,9H2,1-3H3. The third-order valence-corrected chi connectivity index (χ3v) is 4.43. The molecule has 2 rings (SSSR count). The lowest BCUT2D eigenvalue weighted by atomic mass is 9.80. The Balaban J connectivity index is 2.74. The molecule has 0 spiro atoms. The van der Waals surface area contributed by atoms with E-state index in [0.717, 1.165) is 0 Å². The lowest BCUT2D eigenvalue weighted by Crippen LogP contribution is -2.33. The number of benzene rings is 1. The molecule has 0 fully saturated rings. The van der Waals surface area contributed by atoms with Crippen LogP contribution < -0.4 is 5.32 Å². The number of nitrogens with zero attached hydrogens (tertiary/aromatic N) is 1. The second-order valence-electron chi connectivity index (χ2n) is 5.71. The molecule has 9 heteroatoms. The molecule has 1 aromatic rings. The highest BCUT2D eigenvalue weighted by molar-refractivity contribution is 7.80. The molecule has 1 unspecified atom stereocenters. The van der Waals surface area contributed by atoms with Crippen LogP contribution in [0.5, 0.6) is 0 Å². The van der Waals surface area contributed by atoms with Gasteiger partial charge in [0.25, 0.3) is 5.69 Å². The highest BCUT2D eigenvalue weighted by Crippen LogP contribution is 2.40. The normalized spacial score (nSPS) is 16.7. The first-order valence-electron chi connectivity index (χ1n) is 8.17. The van der Waals surface area contributed by atoms with E-state index in [2.05, 4.69) is 17.9 Å². The fraction of sp³-hybridized carbons (Fsp3) is 0.333. The summed E-state index contributed by atoms with van der Waals surface area (Å²) >= 11 is 4.26. The Morgan fingerprint density at radius 3 is 2.56 bits per heavy atom. The Labute approximate surface area is 161 Å². The van der Waals surface area contributed by atoms with E-state index in [9.17, 15) is 19.7 Å². The number of nitrogens with one attached hydrogen (secondary N) is 1. The first kappa shape index (κ1) is 20.5. The van der Waals surface area contributed by atoms with Crippen LogP contribution >= 0.6 is 12.6 Å². The van der Waals surface area contributed by atoms with Gasteiger partial charge in [-0.25, -0.2) is 9.59 Å². The Morgan fingerprint density at radius 2 is 2.00 bits per heavy atom. The van der Waals surface area contributed by atoms with Crippen molar-refractivity contribution >= 4 is 30.3 Å². The molecule has 0 saturated carbocycles. The van der Waals surface area contributed by atoms with Crippen molar-refractivity contribution in [2.24, 2.45) is 0 Å². The number of allylic oxidation sites excluding steroid dienone is 1. The van der Waals surface area contributed by atoms with Crippen LogP contribution in [0, 0.1) is 10.1 Å². The van der Waals surface area contributed by atoms with Gasteiger partial charge in [-0.1, -0.05) is 12.1 Å². The monoisotopic (exact) mass is 392 g/mol. The number of ether oxygens (including phenoxy) is 2. The Morgan fingerprint density at radius 1 is 1.30 bits per heavy atom. The summed E-state index contributed by atoms with van der Waals surface area (Å²) in [6, 6.07) is 5.80. The van der Waals surface area contributed by atoms with Gasteiger partial charge in [0.1, 0.15) is 0 Å². The second-order valence-corrected chi connectivity index (χ2v) is 6.03. The van der Waals surface area contributed by atoms with Crippen LogP contribution in [0.1, 0.15) is 25.3 Å². The van der Waals surface area contributed by atoms with Crippen LogP contribution in [0.4, 0.5) is 5.69 Å². The molecular formula is C18H20N2O6S. The molecule has 0 aromatic heterocycles. The molecule has 0 aliphatic carbocycles. The zero-order chi connectivity index (χ0) is 20.1. The topological polar surface area (TPSA) is 108 Å². The van der Waals surface area contributed by atoms with E-state index in [0.29, 0.717) is 17.0 Å². The predicted molar refractivity (Wildman–Crippen MR) is 101 cm³/mol. The van der Waals surface area contributed by atoms with Crippen molar-refractivity contribution in [1.29, 1.82) is 0 Å². The number of non-ortho nitro benzene ring substituents is 1. The number of hydrogen-bond acceptors (Lipinski definition) is 8. The van der Waals surface area contributed by atoms with E-state index in [1.165, 1.54) is 25.3 Å². The van der Waals surface area contributed by atoms with Crippen molar-refractivity contribution in [2.45, 2.75) is 19.8 Å². The number of esters is 2. The average molecular weight is 392 g/mol.